The molecule has 0 bridgehead atoms. The lowest BCUT2D eigenvalue weighted by Crippen LogP contribution is -2.40. The molecule has 1 unspecified atom stereocenters. The third kappa shape index (κ3) is 7.55. The number of methoxy groups -OCH3 is 1. The number of guanidine groups is 1. The fourth-order valence-electron chi connectivity index (χ4n) is 3.57. The minimum Gasteiger partial charge on any atom is -0.382 e. The molecule has 1 atom stereocenters. The number of halogens is 1. The van der Waals surface area contributed by atoms with Crippen LogP contribution in [0.3, 0.4) is 0 Å². The highest BCUT2D eigenvalue weighted by Crippen LogP contribution is 2.18. The van der Waals surface area contributed by atoms with E-state index in [-0.39, 0.29) is 24.0 Å². The van der Waals surface area contributed by atoms with Crippen LogP contribution in [0, 0.1) is 5.92 Å². The number of aliphatic imine (C=N–C) groups is 1. The van der Waals surface area contributed by atoms with E-state index in [1.165, 1.54) is 11.1 Å². The number of hydrogen-bond acceptors (Lipinski definition) is 4. The van der Waals surface area contributed by atoms with Crippen molar-refractivity contribution in [3.8, 4) is 0 Å². The summed E-state index contributed by atoms with van der Waals surface area (Å²) in [4.78, 5) is 7.29. The molecule has 1 aliphatic rings. The molecule has 8 heteroatoms. The van der Waals surface area contributed by atoms with Gasteiger partial charge in [0.25, 0.3) is 0 Å². The zero-order valence-corrected chi connectivity index (χ0v) is 20.3. The summed E-state index contributed by atoms with van der Waals surface area (Å²) in [5, 5.41) is 7.78. The van der Waals surface area contributed by atoms with E-state index in [0.29, 0.717) is 25.7 Å². The molecule has 0 aliphatic carbocycles. The van der Waals surface area contributed by atoms with Crippen LogP contribution < -0.4 is 5.32 Å². The van der Waals surface area contributed by atoms with Crippen molar-refractivity contribution in [3.63, 3.8) is 0 Å². The van der Waals surface area contributed by atoms with E-state index < -0.39 is 0 Å². The summed E-state index contributed by atoms with van der Waals surface area (Å²) in [6.07, 6.45) is 4.93. The van der Waals surface area contributed by atoms with Crippen molar-refractivity contribution in [1.82, 2.24) is 20.0 Å². The molecule has 0 radical (unpaired) electrons. The van der Waals surface area contributed by atoms with Crippen molar-refractivity contribution in [2.75, 3.05) is 46.6 Å². The fraction of sp³-hybridized carbons (Fsp3) is 0.545. The fourth-order valence-corrected chi connectivity index (χ4v) is 3.57. The van der Waals surface area contributed by atoms with Gasteiger partial charge in [-0.15, -0.1) is 24.0 Å². The predicted molar refractivity (Wildman–Crippen MR) is 130 cm³/mol. The first-order valence-corrected chi connectivity index (χ1v) is 10.4. The maximum absolute atomic E-state index is 5.72. The van der Waals surface area contributed by atoms with Gasteiger partial charge in [-0.2, -0.15) is 5.10 Å². The number of rotatable bonds is 10. The molecule has 1 aliphatic heterocycles. The van der Waals surface area contributed by atoms with Crippen LogP contribution in [0.4, 0.5) is 0 Å². The van der Waals surface area contributed by atoms with E-state index in [0.717, 1.165) is 45.2 Å². The normalized spacial score (nSPS) is 16.5. The quantitative estimate of drug-likeness (QED) is 0.223. The Morgan fingerprint density at radius 3 is 2.80 bits per heavy atom. The van der Waals surface area contributed by atoms with Crippen molar-refractivity contribution in [2.45, 2.75) is 26.4 Å². The first-order valence-electron chi connectivity index (χ1n) is 10.4. The van der Waals surface area contributed by atoms with Crippen LogP contribution in [0.1, 0.15) is 24.5 Å². The zero-order valence-electron chi connectivity index (χ0n) is 18.0. The molecule has 1 fully saturated rings. The molecule has 1 N–H and O–H groups in total. The van der Waals surface area contributed by atoms with Gasteiger partial charge in [0.15, 0.2) is 5.96 Å². The van der Waals surface area contributed by atoms with Crippen LogP contribution in [-0.4, -0.2) is 67.2 Å². The van der Waals surface area contributed by atoms with Gasteiger partial charge in [0.2, 0.25) is 0 Å². The number of nitrogens with one attached hydrogen (secondary N) is 1. The molecule has 3 rings (SSSR count). The second-order valence-electron chi connectivity index (χ2n) is 7.31. The van der Waals surface area contributed by atoms with Gasteiger partial charge in [-0.3, -0.25) is 4.68 Å². The van der Waals surface area contributed by atoms with Gasteiger partial charge in [0.05, 0.1) is 32.9 Å². The van der Waals surface area contributed by atoms with Gasteiger partial charge in [-0.05, 0) is 30.5 Å². The molecule has 1 aromatic carbocycles. The van der Waals surface area contributed by atoms with Crippen molar-refractivity contribution < 1.29 is 9.47 Å². The van der Waals surface area contributed by atoms with Gasteiger partial charge in [-0.25, -0.2) is 4.99 Å². The van der Waals surface area contributed by atoms with Gasteiger partial charge < -0.3 is 19.7 Å². The molecule has 2 aromatic rings. The van der Waals surface area contributed by atoms with E-state index in [1.807, 2.05) is 23.1 Å². The van der Waals surface area contributed by atoms with Gasteiger partial charge in [0.1, 0.15) is 0 Å². The van der Waals surface area contributed by atoms with E-state index in [4.69, 9.17) is 14.5 Å². The van der Waals surface area contributed by atoms with E-state index in [9.17, 15) is 0 Å². The molecule has 1 aromatic heterocycles. The molecule has 7 nitrogen and oxygen atoms in total. The second kappa shape index (κ2) is 13.6. The molecule has 0 saturated carbocycles. The maximum Gasteiger partial charge on any atom is 0.194 e. The Morgan fingerprint density at radius 1 is 1.23 bits per heavy atom. The Bertz CT molecular complexity index is 754. The van der Waals surface area contributed by atoms with Crippen molar-refractivity contribution in [1.29, 1.82) is 0 Å². The van der Waals surface area contributed by atoms with E-state index >= 15 is 0 Å². The summed E-state index contributed by atoms with van der Waals surface area (Å²) < 4.78 is 12.7. The Hall–Kier alpha value is -1.65. The Balaban J connectivity index is 0.00000320. The first kappa shape index (κ1) is 24.6. The molecule has 1 saturated heterocycles. The van der Waals surface area contributed by atoms with Crippen LogP contribution >= 0.6 is 24.0 Å². The smallest absolute Gasteiger partial charge is 0.194 e. The highest BCUT2D eigenvalue weighted by atomic mass is 127. The summed E-state index contributed by atoms with van der Waals surface area (Å²) in [6, 6.07) is 10.4. The van der Waals surface area contributed by atoms with Crippen LogP contribution in [0.15, 0.2) is 47.7 Å². The lowest BCUT2D eigenvalue weighted by atomic mass is 10.1. The van der Waals surface area contributed by atoms with Crippen molar-refractivity contribution in [2.24, 2.45) is 10.9 Å². The number of likely N-dealkylation sites (tertiary alicyclic amines) is 1. The molecule has 0 amide bonds. The lowest BCUT2D eigenvalue weighted by molar-refractivity contribution is 0.0536. The van der Waals surface area contributed by atoms with Crippen LogP contribution in [-0.2, 0) is 22.6 Å². The standard InChI is InChI=1S/C22H33N5O2.HI/c1-3-23-22(26-12-9-19(16-26)18-29-14-13-28-2)24-15-20-7-4-5-8-21(20)17-27-11-6-10-25-27;/h4-8,10-11,19H,3,9,12-18H2,1-2H3,(H,23,24);1H. The Kier molecular flexibility index (Phi) is 11.2. The summed E-state index contributed by atoms with van der Waals surface area (Å²) in [5.41, 5.74) is 2.48. The molecular weight excluding hydrogens is 493 g/mol. The average molecular weight is 527 g/mol. The predicted octanol–water partition coefficient (Wildman–Crippen LogP) is 3.00. The SMILES string of the molecule is CCNC(=NCc1ccccc1Cn1cccn1)N1CCC(COCCOC)C1.I. The molecular formula is C22H34IN5O2. The van der Waals surface area contributed by atoms with Gasteiger partial charge in [-0.1, -0.05) is 24.3 Å². The average Bonchev–Trinajstić information content (AvgIpc) is 3.42. The highest BCUT2D eigenvalue weighted by Gasteiger charge is 2.25. The first-order chi connectivity index (χ1) is 14.3. The molecule has 0 spiro atoms. The topological polar surface area (TPSA) is 63.9 Å². The zero-order chi connectivity index (χ0) is 20.3. The number of aromatic nitrogens is 2. The number of hydrogen-bond donors (Lipinski definition) is 1. The van der Waals surface area contributed by atoms with E-state index in [2.05, 4.69) is 46.5 Å². The lowest BCUT2D eigenvalue weighted by Gasteiger charge is -2.22. The third-order valence-electron chi connectivity index (χ3n) is 5.11. The highest BCUT2D eigenvalue weighted by molar-refractivity contribution is 14.0. The summed E-state index contributed by atoms with van der Waals surface area (Å²) in [6.45, 7) is 8.48. The summed E-state index contributed by atoms with van der Waals surface area (Å²) >= 11 is 0. The van der Waals surface area contributed by atoms with Crippen LogP contribution in [0.5, 0.6) is 0 Å². The van der Waals surface area contributed by atoms with Crippen molar-refractivity contribution in [3.05, 3.63) is 53.9 Å². The third-order valence-corrected chi connectivity index (χ3v) is 5.11. The van der Waals surface area contributed by atoms with E-state index in [1.54, 1.807) is 7.11 Å². The number of nitrogens with zero attached hydrogens (tertiary/aromatic N) is 4. The molecule has 166 valence electrons. The summed E-state index contributed by atoms with van der Waals surface area (Å²) in [5.74, 6) is 1.53. The molecule has 2 heterocycles. The van der Waals surface area contributed by atoms with Crippen molar-refractivity contribution >= 4 is 29.9 Å². The monoisotopic (exact) mass is 527 g/mol. The second-order valence-corrected chi connectivity index (χ2v) is 7.31. The number of benzene rings is 1. The number of ether oxygens (including phenoxy) is 2. The molecule has 30 heavy (non-hydrogen) atoms. The van der Waals surface area contributed by atoms with Gasteiger partial charge in [0, 0.05) is 45.1 Å². The van der Waals surface area contributed by atoms with Crippen LogP contribution in [0.25, 0.3) is 0 Å². The minimum atomic E-state index is 0. The minimum absolute atomic E-state index is 0. The maximum atomic E-state index is 5.72. The Labute approximate surface area is 196 Å². The van der Waals surface area contributed by atoms with Gasteiger partial charge >= 0.3 is 0 Å². The largest absolute Gasteiger partial charge is 0.382 e. The summed E-state index contributed by atoms with van der Waals surface area (Å²) in [7, 11) is 1.70. The van der Waals surface area contributed by atoms with Crippen LogP contribution in [0.2, 0.25) is 0 Å². The Morgan fingerprint density at radius 2 is 2.07 bits per heavy atom.